The number of hydrogen-bond donors (Lipinski definition) is 1. The van der Waals surface area contributed by atoms with Gasteiger partial charge in [0.05, 0.1) is 13.2 Å². The van der Waals surface area contributed by atoms with Crippen molar-refractivity contribution < 1.29 is 14.3 Å². The van der Waals surface area contributed by atoms with E-state index in [-0.39, 0.29) is 5.97 Å². The molecule has 1 aliphatic rings. The van der Waals surface area contributed by atoms with Gasteiger partial charge in [0.2, 0.25) is 5.88 Å². The molecule has 0 radical (unpaired) electrons. The molecule has 5 nitrogen and oxygen atoms in total. The fourth-order valence-corrected chi connectivity index (χ4v) is 2.34. The zero-order valence-electron chi connectivity index (χ0n) is 11.9. The minimum Gasteiger partial charge on any atom is -0.477 e. The standard InChI is InChI=1S/C15H22N2O3/c1-2-19-15(18)13-7-5-10-17-14(13)20-11-8-12-6-3-4-9-16-12/h5,7,10,12,16H,2-4,6,8-9,11H2,1H3. The second-order valence-corrected chi connectivity index (χ2v) is 4.86. The second kappa shape index (κ2) is 7.85. The molecule has 1 N–H and O–H groups in total. The Bertz CT molecular complexity index is 431. The third kappa shape index (κ3) is 4.20. The molecule has 1 fully saturated rings. The third-order valence-corrected chi connectivity index (χ3v) is 3.38. The Hall–Kier alpha value is -1.62. The van der Waals surface area contributed by atoms with E-state index in [0.29, 0.717) is 30.7 Å². The monoisotopic (exact) mass is 278 g/mol. The molecular formula is C15H22N2O3. The predicted molar refractivity (Wildman–Crippen MR) is 75.9 cm³/mol. The van der Waals surface area contributed by atoms with Gasteiger partial charge < -0.3 is 14.8 Å². The largest absolute Gasteiger partial charge is 0.477 e. The van der Waals surface area contributed by atoms with Gasteiger partial charge in [0.1, 0.15) is 5.56 Å². The van der Waals surface area contributed by atoms with Gasteiger partial charge in [-0.25, -0.2) is 9.78 Å². The fourth-order valence-electron chi connectivity index (χ4n) is 2.34. The van der Waals surface area contributed by atoms with Crippen LogP contribution in [-0.4, -0.2) is 36.8 Å². The van der Waals surface area contributed by atoms with Crippen LogP contribution in [0.25, 0.3) is 0 Å². The van der Waals surface area contributed by atoms with Gasteiger partial charge >= 0.3 is 5.97 Å². The van der Waals surface area contributed by atoms with Crippen molar-refractivity contribution in [3.05, 3.63) is 23.9 Å². The maximum absolute atomic E-state index is 11.8. The van der Waals surface area contributed by atoms with Gasteiger partial charge in [-0.1, -0.05) is 6.42 Å². The molecule has 0 aliphatic carbocycles. The van der Waals surface area contributed by atoms with E-state index < -0.39 is 0 Å². The van der Waals surface area contributed by atoms with Crippen molar-refractivity contribution in [2.45, 2.75) is 38.6 Å². The van der Waals surface area contributed by atoms with Crippen LogP contribution < -0.4 is 10.1 Å². The van der Waals surface area contributed by atoms with Crippen molar-refractivity contribution in [1.82, 2.24) is 10.3 Å². The number of aromatic nitrogens is 1. The maximum atomic E-state index is 11.8. The van der Waals surface area contributed by atoms with Crippen LogP contribution in [0.5, 0.6) is 5.88 Å². The summed E-state index contributed by atoms with van der Waals surface area (Å²) >= 11 is 0. The van der Waals surface area contributed by atoms with E-state index in [4.69, 9.17) is 9.47 Å². The predicted octanol–water partition coefficient (Wildman–Crippen LogP) is 2.17. The number of ether oxygens (including phenoxy) is 2. The molecular weight excluding hydrogens is 256 g/mol. The molecule has 0 amide bonds. The summed E-state index contributed by atoms with van der Waals surface area (Å²) in [5.41, 5.74) is 0.394. The number of rotatable bonds is 6. The zero-order valence-corrected chi connectivity index (χ0v) is 11.9. The van der Waals surface area contributed by atoms with Gasteiger partial charge in [-0.05, 0) is 44.9 Å². The van der Waals surface area contributed by atoms with Crippen molar-refractivity contribution in [3.63, 3.8) is 0 Å². The number of carbonyl (C=O) groups excluding carboxylic acids is 1. The lowest BCUT2D eigenvalue weighted by molar-refractivity contribution is 0.0520. The number of nitrogens with one attached hydrogen (secondary N) is 1. The van der Waals surface area contributed by atoms with Crippen LogP contribution in [0.15, 0.2) is 18.3 Å². The molecule has 110 valence electrons. The Labute approximate surface area is 119 Å². The molecule has 0 spiro atoms. The van der Waals surface area contributed by atoms with Crippen LogP contribution in [0.1, 0.15) is 43.0 Å². The Morgan fingerprint density at radius 1 is 1.50 bits per heavy atom. The first-order valence-electron chi connectivity index (χ1n) is 7.29. The van der Waals surface area contributed by atoms with E-state index in [1.807, 2.05) is 0 Å². The van der Waals surface area contributed by atoms with Crippen LogP contribution >= 0.6 is 0 Å². The first-order valence-corrected chi connectivity index (χ1v) is 7.29. The van der Waals surface area contributed by atoms with Gasteiger partial charge in [0.15, 0.2) is 0 Å². The molecule has 0 bridgehead atoms. The third-order valence-electron chi connectivity index (χ3n) is 3.38. The minimum absolute atomic E-state index is 0.346. The Morgan fingerprint density at radius 3 is 3.15 bits per heavy atom. The van der Waals surface area contributed by atoms with E-state index in [0.717, 1.165) is 13.0 Å². The lowest BCUT2D eigenvalue weighted by Gasteiger charge is -2.23. The van der Waals surface area contributed by atoms with Gasteiger partial charge in [0.25, 0.3) is 0 Å². The average Bonchev–Trinajstić information content (AvgIpc) is 2.49. The SMILES string of the molecule is CCOC(=O)c1cccnc1OCCC1CCCCN1. The number of nitrogens with zero attached hydrogens (tertiary/aromatic N) is 1. The highest BCUT2D eigenvalue weighted by Gasteiger charge is 2.16. The molecule has 1 atom stereocenters. The summed E-state index contributed by atoms with van der Waals surface area (Å²) in [7, 11) is 0. The van der Waals surface area contributed by atoms with E-state index in [9.17, 15) is 4.79 Å². The first-order chi connectivity index (χ1) is 9.81. The van der Waals surface area contributed by atoms with Crippen molar-refractivity contribution in [3.8, 4) is 5.88 Å². The van der Waals surface area contributed by atoms with Crippen molar-refractivity contribution >= 4 is 5.97 Å². The molecule has 1 aromatic heterocycles. The first kappa shape index (κ1) is 14.8. The number of piperidine rings is 1. The lowest BCUT2D eigenvalue weighted by atomic mass is 10.0. The highest BCUT2D eigenvalue weighted by Crippen LogP contribution is 2.17. The van der Waals surface area contributed by atoms with Crippen LogP contribution in [-0.2, 0) is 4.74 Å². The van der Waals surface area contributed by atoms with E-state index in [1.54, 1.807) is 25.3 Å². The van der Waals surface area contributed by atoms with Crippen molar-refractivity contribution in [2.75, 3.05) is 19.8 Å². The van der Waals surface area contributed by atoms with Gasteiger partial charge in [-0.15, -0.1) is 0 Å². The summed E-state index contributed by atoms with van der Waals surface area (Å²) < 4.78 is 10.6. The van der Waals surface area contributed by atoms with Crippen LogP contribution in [0.4, 0.5) is 0 Å². The van der Waals surface area contributed by atoms with Gasteiger partial charge in [-0.2, -0.15) is 0 Å². The summed E-state index contributed by atoms with van der Waals surface area (Å²) in [4.78, 5) is 15.9. The van der Waals surface area contributed by atoms with E-state index in [1.165, 1.54) is 19.3 Å². The highest BCUT2D eigenvalue weighted by atomic mass is 16.5. The molecule has 1 unspecified atom stereocenters. The number of hydrogen-bond acceptors (Lipinski definition) is 5. The molecule has 0 aromatic carbocycles. The molecule has 1 saturated heterocycles. The summed E-state index contributed by atoms with van der Waals surface area (Å²) in [5, 5.41) is 3.47. The summed E-state index contributed by atoms with van der Waals surface area (Å²) in [6.07, 6.45) is 6.27. The van der Waals surface area contributed by atoms with Crippen molar-refractivity contribution in [1.29, 1.82) is 0 Å². The maximum Gasteiger partial charge on any atom is 0.343 e. The second-order valence-electron chi connectivity index (χ2n) is 4.86. The van der Waals surface area contributed by atoms with E-state index in [2.05, 4.69) is 10.3 Å². The average molecular weight is 278 g/mol. The topological polar surface area (TPSA) is 60.5 Å². The Kier molecular flexibility index (Phi) is 5.80. The lowest BCUT2D eigenvalue weighted by Crippen LogP contribution is -2.35. The molecule has 1 aromatic rings. The number of pyridine rings is 1. The normalized spacial score (nSPS) is 18.6. The van der Waals surface area contributed by atoms with E-state index >= 15 is 0 Å². The summed E-state index contributed by atoms with van der Waals surface area (Å²) in [6, 6.07) is 3.90. The smallest absolute Gasteiger partial charge is 0.343 e. The van der Waals surface area contributed by atoms with Crippen molar-refractivity contribution in [2.24, 2.45) is 0 Å². The molecule has 2 rings (SSSR count). The molecule has 2 heterocycles. The summed E-state index contributed by atoms with van der Waals surface area (Å²) in [5.74, 6) is -0.0202. The number of esters is 1. The molecule has 5 heteroatoms. The quantitative estimate of drug-likeness (QED) is 0.808. The van der Waals surface area contributed by atoms with Gasteiger partial charge in [0, 0.05) is 12.2 Å². The van der Waals surface area contributed by atoms with Crippen LogP contribution in [0, 0.1) is 0 Å². The fraction of sp³-hybridized carbons (Fsp3) is 0.600. The Balaban J connectivity index is 1.86. The number of carbonyl (C=O) groups is 1. The van der Waals surface area contributed by atoms with Crippen LogP contribution in [0.2, 0.25) is 0 Å². The van der Waals surface area contributed by atoms with Gasteiger partial charge in [-0.3, -0.25) is 0 Å². The minimum atomic E-state index is -0.383. The molecule has 0 saturated carbocycles. The summed E-state index contributed by atoms with van der Waals surface area (Å²) in [6.45, 7) is 3.77. The zero-order chi connectivity index (χ0) is 14.2. The highest BCUT2D eigenvalue weighted by molar-refractivity contribution is 5.91. The van der Waals surface area contributed by atoms with Crippen LogP contribution in [0.3, 0.4) is 0 Å². The molecule has 1 aliphatic heterocycles. The Morgan fingerprint density at radius 2 is 2.40 bits per heavy atom. The molecule has 20 heavy (non-hydrogen) atoms.